The second kappa shape index (κ2) is 11.2. The lowest BCUT2D eigenvalue weighted by molar-refractivity contribution is 0.0207. The van der Waals surface area contributed by atoms with E-state index in [2.05, 4.69) is 31.2 Å². The first-order valence-corrected chi connectivity index (χ1v) is 13.8. The van der Waals surface area contributed by atoms with Gasteiger partial charge in [-0.25, -0.2) is 9.80 Å². The smallest absolute Gasteiger partial charge is 0.333 e. The molecule has 2 aliphatic heterocycles. The van der Waals surface area contributed by atoms with E-state index in [4.69, 9.17) is 9.47 Å². The molecule has 1 aromatic carbocycles. The summed E-state index contributed by atoms with van der Waals surface area (Å²) in [5.74, 6) is -0.376. The molecule has 3 aromatic rings. The number of nitrogens with zero attached hydrogens (tertiary/aromatic N) is 3. The van der Waals surface area contributed by atoms with Gasteiger partial charge < -0.3 is 20.1 Å². The van der Waals surface area contributed by atoms with Crippen molar-refractivity contribution in [2.75, 3.05) is 71.0 Å². The van der Waals surface area contributed by atoms with Crippen LogP contribution in [-0.4, -0.2) is 104 Å². The summed E-state index contributed by atoms with van der Waals surface area (Å²) in [6, 6.07) is 8.45. The highest BCUT2D eigenvalue weighted by molar-refractivity contribution is 7.17. The van der Waals surface area contributed by atoms with Crippen LogP contribution in [0.2, 0.25) is 0 Å². The maximum absolute atomic E-state index is 13.6. The molecule has 3 aliphatic rings. The Morgan fingerprint density at radius 2 is 1.77 bits per heavy atom. The van der Waals surface area contributed by atoms with Crippen LogP contribution >= 0.6 is 11.3 Å². The number of carbonyl (C=O) groups excluding carboxylic acids is 3. The molecule has 2 aromatic heterocycles. The highest BCUT2D eigenvalue weighted by Gasteiger charge is 2.35. The molecule has 39 heavy (non-hydrogen) atoms. The number of urea groups is 1. The molecule has 4 heterocycles. The minimum absolute atomic E-state index is 0.150. The summed E-state index contributed by atoms with van der Waals surface area (Å²) in [6.07, 6.45) is 0. The van der Waals surface area contributed by atoms with E-state index in [1.165, 1.54) is 11.3 Å². The Labute approximate surface area is 228 Å². The maximum Gasteiger partial charge on any atom is 0.333 e. The number of aromatic nitrogens is 2. The monoisotopic (exact) mass is 551 g/mol. The van der Waals surface area contributed by atoms with Crippen LogP contribution in [0.1, 0.15) is 25.6 Å². The summed E-state index contributed by atoms with van der Waals surface area (Å²) in [7, 11) is 0. The van der Waals surface area contributed by atoms with Gasteiger partial charge in [0, 0.05) is 44.8 Å². The van der Waals surface area contributed by atoms with E-state index >= 15 is 0 Å². The number of rotatable bonds is 7. The number of hydrogen-bond acceptors (Lipinski definition) is 9. The molecule has 0 bridgehead atoms. The van der Waals surface area contributed by atoms with Crippen LogP contribution in [0, 0.1) is 0 Å². The van der Waals surface area contributed by atoms with Crippen molar-refractivity contribution in [1.82, 2.24) is 30.8 Å². The number of anilines is 1. The zero-order valence-electron chi connectivity index (χ0n) is 21.2. The molecular weight excluding hydrogens is 522 g/mol. The lowest BCUT2D eigenvalue weighted by atomic mass is 10.1. The first-order valence-electron chi connectivity index (χ1n) is 12.9. The third kappa shape index (κ3) is 5.31. The molecule has 2 saturated heterocycles. The number of thiophene rings is 1. The van der Waals surface area contributed by atoms with Gasteiger partial charge in [-0.05, 0) is 18.2 Å². The zero-order chi connectivity index (χ0) is 26.8. The van der Waals surface area contributed by atoms with Crippen molar-refractivity contribution in [3.05, 3.63) is 46.3 Å². The topological polar surface area (TPSA) is 141 Å². The fourth-order valence-corrected chi connectivity index (χ4v) is 5.89. The van der Waals surface area contributed by atoms with E-state index < -0.39 is 6.03 Å². The van der Waals surface area contributed by atoms with E-state index in [1.807, 2.05) is 12.1 Å². The van der Waals surface area contributed by atoms with E-state index in [-0.39, 0.29) is 11.7 Å². The third-order valence-corrected chi connectivity index (χ3v) is 8.05. The van der Waals surface area contributed by atoms with Gasteiger partial charge in [0.15, 0.2) is 5.78 Å². The fraction of sp³-hybridized carbons (Fsp3) is 0.385. The minimum Gasteiger partial charge on any atom is -0.379 e. The molecule has 2 fully saturated rings. The van der Waals surface area contributed by atoms with Gasteiger partial charge >= 0.3 is 6.03 Å². The van der Waals surface area contributed by atoms with E-state index in [9.17, 15) is 14.4 Å². The number of fused-ring (bicyclic) bond motifs is 3. The van der Waals surface area contributed by atoms with Crippen LogP contribution in [0.3, 0.4) is 0 Å². The Hall–Kier alpha value is -3.62. The van der Waals surface area contributed by atoms with Crippen molar-refractivity contribution in [2.45, 2.75) is 0 Å². The fourth-order valence-electron chi connectivity index (χ4n) is 4.96. The summed E-state index contributed by atoms with van der Waals surface area (Å²) in [5.41, 5.74) is 5.80. The Balaban J connectivity index is 1.14. The number of carbonyl (C=O) groups is 3. The van der Waals surface area contributed by atoms with Gasteiger partial charge in [-0.1, -0.05) is 12.1 Å². The number of hydrogen-bond donors (Lipinski definition) is 4. The first kappa shape index (κ1) is 25.6. The van der Waals surface area contributed by atoms with Crippen LogP contribution < -0.4 is 16.1 Å². The Kier molecular flexibility index (Phi) is 7.39. The van der Waals surface area contributed by atoms with E-state index in [0.717, 1.165) is 37.7 Å². The summed E-state index contributed by atoms with van der Waals surface area (Å²) in [6.45, 7) is 6.78. The number of amides is 3. The third-order valence-electron chi connectivity index (χ3n) is 6.95. The van der Waals surface area contributed by atoms with Gasteiger partial charge in [0.2, 0.25) is 0 Å². The van der Waals surface area contributed by atoms with Crippen molar-refractivity contribution in [3.63, 3.8) is 0 Å². The van der Waals surface area contributed by atoms with Crippen molar-refractivity contribution in [2.24, 2.45) is 0 Å². The number of aromatic amines is 1. The predicted molar refractivity (Wildman–Crippen MR) is 145 cm³/mol. The van der Waals surface area contributed by atoms with Gasteiger partial charge in [0.25, 0.3) is 5.91 Å². The molecule has 0 spiro atoms. The van der Waals surface area contributed by atoms with Crippen LogP contribution in [0.4, 0.5) is 10.5 Å². The summed E-state index contributed by atoms with van der Waals surface area (Å²) < 4.78 is 10.7. The normalized spacial score (nSPS) is 17.5. The molecule has 4 N–H and O–H groups in total. The number of H-pyrrole nitrogens is 1. The molecule has 1 aliphatic carbocycles. The number of morpholine rings is 2. The highest BCUT2D eigenvalue weighted by Crippen LogP contribution is 2.44. The molecular formula is C26H29N7O5S. The van der Waals surface area contributed by atoms with Crippen LogP contribution in [0.25, 0.3) is 21.8 Å². The quantitative estimate of drug-likeness (QED) is 0.273. The molecule has 6 rings (SSSR count). The van der Waals surface area contributed by atoms with Crippen LogP contribution in [0.5, 0.6) is 0 Å². The molecule has 12 nitrogen and oxygen atoms in total. The molecule has 0 unspecified atom stereocenters. The van der Waals surface area contributed by atoms with Crippen molar-refractivity contribution in [3.8, 4) is 21.8 Å². The standard InChI is InChI=1S/C26H29N7O5S/c34-24-20-16(2-1-3-17(20)28-26(36)31-33-10-14-38-15-11-33)22-21(24)23(30-29-22)18-4-5-19(39-18)25(35)27-6-7-32-8-12-37-13-9-32/h1-5H,6-15H2,(H,27,35)(H,29,30)(H2,28,31,36). The average molecular weight is 552 g/mol. The number of ketones is 1. The SMILES string of the molecule is O=C(Nc1cccc2c1C(=O)c1c-2n[nH]c1-c1ccc(C(=O)NCCN2CCOCC2)s1)NN1CCOCC1. The van der Waals surface area contributed by atoms with Crippen LogP contribution in [-0.2, 0) is 9.47 Å². The van der Waals surface area contributed by atoms with Gasteiger partial charge in [-0.15, -0.1) is 11.3 Å². The summed E-state index contributed by atoms with van der Waals surface area (Å²) in [5, 5.41) is 15.0. The maximum atomic E-state index is 13.6. The van der Waals surface area contributed by atoms with Crippen LogP contribution in [0.15, 0.2) is 30.3 Å². The van der Waals surface area contributed by atoms with Crippen molar-refractivity contribution < 1.29 is 23.9 Å². The average Bonchev–Trinajstić information content (AvgIpc) is 3.67. The number of benzene rings is 1. The minimum atomic E-state index is -0.424. The number of ether oxygens (including phenoxy) is 2. The molecule has 0 atom stereocenters. The van der Waals surface area contributed by atoms with E-state index in [0.29, 0.717) is 71.5 Å². The lowest BCUT2D eigenvalue weighted by Gasteiger charge is -2.27. The second-order valence-corrected chi connectivity index (χ2v) is 10.5. The van der Waals surface area contributed by atoms with E-state index in [1.54, 1.807) is 23.2 Å². The second-order valence-electron chi connectivity index (χ2n) is 9.42. The van der Waals surface area contributed by atoms with Crippen molar-refractivity contribution >= 4 is 34.7 Å². The zero-order valence-corrected chi connectivity index (χ0v) is 22.1. The lowest BCUT2D eigenvalue weighted by Crippen LogP contribution is -2.49. The molecule has 204 valence electrons. The molecule has 3 amide bonds. The highest BCUT2D eigenvalue weighted by atomic mass is 32.1. The van der Waals surface area contributed by atoms with Crippen molar-refractivity contribution in [1.29, 1.82) is 0 Å². The van der Waals surface area contributed by atoms with Gasteiger partial charge in [-0.3, -0.25) is 25.0 Å². The Morgan fingerprint density at radius 1 is 1.00 bits per heavy atom. The molecule has 13 heteroatoms. The van der Waals surface area contributed by atoms with Gasteiger partial charge in [0.05, 0.1) is 58.7 Å². The molecule has 0 saturated carbocycles. The number of hydrazine groups is 1. The first-order chi connectivity index (χ1) is 19.1. The largest absolute Gasteiger partial charge is 0.379 e. The Bertz CT molecular complexity index is 1390. The predicted octanol–water partition coefficient (Wildman–Crippen LogP) is 1.78. The van der Waals surface area contributed by atoms with Gasteiger partial charge in [-0.2, -0.15) is 5.10 Å². The summed E-state index contributed by atoms with van der Waals surface area (Å²) >= 11 is 1.30. The molecule has 0 radical (unpaired) electrons. The van der Waals surface area contributed by atoms with Gasteiger partial charge in [0.1, 0.15) is 5.69 Å². The summed E-state index contributed by atoms with van der Waals surface area (Å²) in [4.78, 5) is 42.6. The Morgan fingerprint density at radius 3 is 2.56 bits per heavy atom. The number of nitrogens with one attached hydrogen (secondary N) is 4.